The zero-order valence-corrected chi connectivity index (χ0v) is 17.9. The van der Waals surface area contributed by atoms with E-state index in [1.807, 2.05) is 0 Å². The molecule has 30 heavy (non-hydrogen) atoms. The number of aryl methyl sites for hydroxylation is 1. The summed E-state index contributed by atoms with van der Waals surface area (Å²) in [4.78, 5) is 0. The van der Waals surface area contributed by atoms with Crippen LogP contribution in [0.15, 0.2) is 30.3 Å². The Morgan fingerprint density at radius 3 is 2.27 bits per heavy atom. The average Bonchev–Trinajstić information content (AvgIpc) is 2.76. The molecule has 0 N–H and O–H groups in total. The maximum Gasteiger partial charge on any atom is 0.164 e. The second kappa shape index (κ2) is 10.9. The Bertz CT molecular complexity index is 829. The zero-order chi connectivity index (χ0) is 21.5. The third-order valence-electron chi connectivity index (χ3n) is 6.09. The number of unbranched alkanes of at least 4 members (excludes halogenated alkanes) is 2. The van der Waals surface area contributed by atoms with Gasteiger partial charge in [0, 0.05) is 11.6 Å². The van der Waals surface area contributed by atoms with Crippen LogP contribution >= 0.6 is 0 Å². The third kappa shape index (κ3) is 5.57. The maximum atomic E-state index is 14.4. The fraction of sp³-hybridized carbons (Fsp3) is 0.520. The van der Waals surface area contributed by atoms with Gasteiger partial charge in [0.1, 0.15) is 11.6 Å². The molecule has 1 aliphatic rings. The highest BCUT2D eigenvalue weighted by Crippen LogP contribution is 2.36. The minimum absolute atomic E-state index is 0.0192. The molecule has 2 aromatic carbocycles. The summed E-state index contributed by atoms with van der Waals surface area (Å²) in [5.74, 6) is -1.12. The molecule has 0 bridgehead atoms. The van der Waals surface area contributed by atoms with Gasteiger partial charge >= 0.3 is 0 Å². The van der Waals surface area contributed by atoms with Crippen molar-refractivity contribution < 1.29 is 22.6 Å². The van der Waals surface area contributed by atoms with Gasteiger partial charge in [-0.3, -0.25) is 0 Å². The fourth-order valence-electron chi connectivity index (χ4n) is 4.21. The van der Waals surface area contributed by atoms with Crippen LogP contribution in [0.25, 0.3) is 0 Å². The van der Waals surface area contributed by atoms with Crippen LogP contribution in [0.4, 0.5) is 13.2 Å². The van der Waals surface area contributed by atoms with E-state index in [9.17, 15) is 13.2 Å². The van der Waals surface area contributed by atoms with Crippen molar-refractivity contribution >= 4 is 0 Å². The van der Waals surface area contributed by atoms with E-state index in [-0.39, 0.29) is 30.0 Å². The van der Waals surface area contributed by atoms with Crippen LogP contribution in [0, 0.1) is 17.5 Å². The molecule has 1 aliphatic carbocycles. The van der Waals surface area contributed by atoms with Gasteiger partial charge in [-0.1, -0.05) is 38.0 Å². The normalized spacial score (nSPS) is 19.1. The van der Waals surface area contributed by atoms with Crippen molar-refractivity contribution in [1.82, 2.24) is 0 Å². The molecule has 0 unspecified atom stereocenters. The van der Waals surface area contributed by atoms with Crippen molar-refractivity contribution in [1.29, 1.82) is 0 Å². The molecule has 1 saturated carbocycles. The van der Waals surface area contributed by atoms with Crippen LogP contribution in [-0.2, 0) is 17.8 Å². The highest BCUT2D eigenvalue weighted by atomic mass is 19.2. The lowest BCUT2D eigenvalue weighted by Crippen LogP contribution is -2.21. The standard InChI is InChI=1S/C25H31F3O2/c1-3-4-5-6-18-7-8-19(25(28)24(18)27)16-30-20-11-9-17(10-12-20)22-14-13-21(29-2)15-23(22)26/h7-8,13-15,17,20H,3-6,9-12,16H2,1-2H3. The molecule has 2 aromatic rings. The quantitative estimate of drug-likeness (QED) is 0.403. The Kier molecular flexibility index (Phi) is 8.20. The van der Waals surface area contributed by atoms with E-state index in [4.69, 9.17) is 9.47 Å². The first kappa shape index (κ1) is 22.7. The Morgan fingerprint density at radius 2 is 1.60 bits per heavy atom. The molecule has 0 amide bonds. The van der Waals surface area contributed by atoms with Gasteiger partial charge in [-0.15, -0.1) is 0 Å². The number of halogens is 3. The number of hydrogen-bond donors (Lipinski definition) is 0. The van der Waals surface area contributed by atoms with Crippen molar-refractivity contribution in [3.8, 4) is 5.75 Å². The molecule has 0 spiro atoms. The number of rotatable bonds is 9. The first-order valence-corrected chi connectivity index (χ1v) is 10.9. The molecular weight excluding hydrogens is 389 g/mol. The zero-order valence-electron chi connectivity index (χ0n) is 17.9. The predicted octanol–water partition coefficient (Wildman–Crippen LogP) is 7.09. The molecule has 0 heterocycles. The van der Waals surface area contributed by atoms with Crippen LogP contribution in [-0.4, -0.2) is 13.2 Å². The molecule has 0 aromatic heterocycles. The van der Waals surface area contributed by atoms with Crippen molar-refractivity contribution in [2.75, 3.05) is 7.11 Å². The van der Waals surface area contributed by atoms with E-state index in [1.165, 1.54) is 13.2 Å². The summed E-state index contributed by atoms with van der Waals surface area (Å²) in [6.45, 7) is 2.14. The summed E-state index contributed by atoms with van der Waals surface area (Å²) in [6.07, 6.45) is 6.62. The van der Waals surface area contributed by atoms with Crippen molar-refractivity contribution in [3.05, 3.63) is 64.5 Å². The molecular formula is C25H31F3O2. The SMILES string of the molecule is CCCCCc1ccc(COC2CCC(c3ccc(OC)cc3F)CC2)c(F)c1F. The first-order chi connectivity index (χ1) is 14.5. The lowest BCUT2D eigenvalue weighted by Gasteiger charge is -2.29. The number of methoxy groups -OCH3 is 1. The highest BCUT2D eigenvalue weighted by Gasteiger charge is 2.25. The van der Waals surface area contributed by atoms with E-state index < -0.39 is 11.6 Å². The van der Waals surface area contributed by atoms with Gasteiger partial charge in [0.15, 0.2) is 11.6 Å². The van der Waals surface area contributed by atoms with E-state index >= 15 is 0 Å². The van der Waals surface area contributed by atoms with Crippen molar-refractivity contribution in [3.63, 3.8) is 0 Å². The molecule has 2 nitrogen and oxygen atoms in total. The molecule has 3 rings (SSSR count). The number of hydrogen-bond acceptors (Lipinski definition) is 2. The highest BCUT2D eigenvalue weighted by molar-refractivity contribution is 5.31. The van der Waals surface area contributed by atoms with Gasteiger partial charge < -0.3 is 9.47 Å². The van der Waals surface area contributed by atoms with Crippen LogP contribution in [0.5, 0.6) is 5.75 Å². The molecule has 1 fully saturated rings. The van der Waals surface area contributed by atoms with Gasteiger partial charge in [0.05, 0.1) is 19.8 Å². The van der Waals surface area contributed by atoms with Crippen LogP contribution in [0.2, 0.25) is 0 Å². The summed E-state index contributed by atoms with van der Waals surface area (Å²) in [7, 11) is 1.52. The first-order valence-electron chi connectivity index (χ1n) is 10.9. The molecule has 0 aliphatic heterocycles. The van der Waals surface area contributed by atoms with Gasteiger partial charge in [0.2, 0.25) is 0 Å². The predicted molar refractivity (Wildman–Crippen MR) is 112 cm³/mol. The summed E-state index contributed by atoms with van der Waals surface area (Å²) >= 11 is 0. The van der Waals surface area contributed by atoms with Gasteiger partial charge in [-0.05, 0) is 61.6 Å². The van der Waals surface area contributed by atoms with Crippen molar-refractivity contribution in [2.45, 2.75) is 76.9 Å². The van der Waals surface area contributed by atoms with E-state index in [1.54, 1.807) is 24.3 Å². The van der Waals surface area contributed by atoms with Gasteiger partial charge in [-0.25, -0.2) is 13.2 Å². The summed E-state index contributed by atoms with van der Waals surface area (Å²) in [5.41, 5.74) is 1.41. The Balaban J connectivity index is 1.51. The molecule has 0 atom stereocenters. The lowest BCUT2D eigenvalue weighted by molar-refractivity contribution is 0.0116. The smallest absolute Gasteiger partial charge is 0.164 e. The summed E-state index contributed by atoms with van der Waals surface area (Å²) in [5, 5.41) is 0. The number of benzene rings is 2. The largest absolute Gasteiger partial charge is 0.497 e. The van der Waals surface area contributed by atoms with Crippen LogP contribution < -0.4 is 4.74 Å². The van der Waals surface area contributed by atoms with Crippen molar-refractivity contribution in [2.24, 2.45) is 0 Å². The van der Waals surface area contributed by atoms with Crippen LogP contribution in [0.1, 0.15) is 74.5 Å². The monoisotopic (exact) mass is 420 g/mol. The second-order valence-electron chi connectivity index (χ2n) is 8.14. The Hall–Kier alpha value is -2.01. The van der Waals surface area contributed by atoms with Gasteiger partial charge in [-0.2, -0.15) is 0 Å². The Morgan fingerprint density at radius 1 is 0.900 bits per heavy atom. The molecule has 164 valence electrons. The maximum absolute atomic E-state index is 14.4. The summed E-state index contributed by atoms with van der Waals surface area (Å²) < 4.78 is 54.0. The van der Waals surface area contributed by atoms with Crippen LogP contribution in [0.3, 0.4) is 0 Å². The topological polar surface area (TPSA) is 18.5 Å². The molecule has 5 heteroatoms. The lowest BCUT2D eigenvalue weighted by atomic mass is 9.82. The van der Waals surface area contributed by atoms with Gasteiger partial charge in [0.25, 0.3) is 0 Å². The average molecular weight is 421 g/mol. The van der Waals surface area contributed by atoms with E-state index in [0.717, 1.165) is 44.9 Å². The minimum atomic E-state index is -0.794. The molecule has 0 radical (unpaired) electrons. The second-order valence-corrected chi connectivity index (χ2v) is 8.14. The summed E-state index contributed by atoms with van der Waals surface area (Å²) in [6, 6.07) is 8.31. The number of ether oxygens (including phenoxy) is 2. The fourth-order valence-corrected chi connectivity index (χ4v) is 4.21. The minimum Gasteiger partial charge on any atom is -0.497 e. The molecule has 0 saturated heterocycles. The van der Waals surface area contributed by atoms with E-state index in [2.05, 4.69) is 6.92 Å². The Labute approximate surface area is 177 Å². The van der Waals surface area contributed by atoms with E-state index in [0.29, 0.717) is 23.3 Å². The third-order valence-corrected chi connectivity index (χ3v) is 6.09.